The Balaban J connectivity index is 1.36. The molecule has 0 unspecified atom stereocenters. The number of aromatic nitrogens is 6. The lowest BCUT2D eigenvalue weighted by atomic mass is 10.1. The van der Waals surface area contributed by atoms with Gasteiger partial charge in [-0.2, -0.15) is 0 Å². The molecular formula is C20H19N7O2. The molecule has 1 N–H and O–H groups in total. The van der Waals surface area contributed by atoms with E-state index in [0.29, 0.717) is 12.3 Å². The fourth-order valence-corrected chi connectivity index (χ4v) is 2.84. The predicted molar refractivity (Wildman–Crippen MR) is 106 cm³/mol. The SMILES string of the molecule is Cc1nccn1Cc1ccccc1NC(=O)COc1ccc(-n2cnnn2)cc1. The highest BCUT2D eigenvalue weighted by Gasteiger charge is 2.09. The topological polar surface area (TPSA) is 99.8 Å². The van der Waals surface area contributed by atoms with Crippen LogP contribution in [-0.4, -0.2) is 42.3 Å². The van der Waals surface area contributed by atoms with Crippen molar-refractivity contribution < 1.29 is 9.53 Å². The highest BCUT2D eigenvalue weighted by molar-refractivity contribution is 5.92. The maximum Gasteiger partial charge on any atom is 0.262 e. The van der Waals surface area contributed by atoms with E-state index in [4.69, 9.17) is 4.74 Å². The van der Waals surface area contributed by atoms with Crippen LogP contribution in [0.2, 0.25) is 0 Å². The number of hydrogen-bond acceptors (Lipinski definition) is 6. The van der Waals surface area contributed by atoms with Gasteiger partial charge in [-0.1, -0.05) is 18.2 Å². The Morgan fingerprint density at radius 3 is 2.69 bits per heavy atom. The van der Waals surface area contributed by atoms with Gasteiger partial charge in [0, 0.05) is 18.1 Å². The van der Waals surface area contributed by atoms with Crippen molar-refractivity contribution in [1.29, 1.82) is 0 Å². The van der Waals surface area contributed by atoms with Gasteiger partial charge in [-0.15, -0.1) is 5.10 Å². The maximum atomic E-state index is 12.4. The van der Waals surface area contributed by atoms with Crippen LogP contribution in [0.3, 0.4) is 0 Å². The second-order valence-electron chi connectivity index (χ2n) is 6.34. The van der Waals surface area contributed by atoms with Crippen LogP contribution in [0.1, 0.15) is 11.4 Å². The monoisotopic (exact) mass is 389 g/mol. The maximum absolute atomic E-state index is 12.4. The number of imidazole rings is 1. The van der Waals surface area contributed by atoms with Crippen molar-refractivity contribution in [2.45, 2.75) is 13.5 Å². The van der Waals surface area contributed by atoms with E-state index in [-0.39, 0.29) is 12.5 Å². The molecule has 0 fully saturated rings. The number of anilines is 1. The van der Waals surface area contributed by atoms with Crippen molar-refractivity contribution in [3.8, 4) is 11.4 Å². The fourth-order valence-electron chi connectivity index (χ4n) is 2.84. The molecule has 4 aromatic rings. The number of ether oxygens (including phenoxy) is 1. The lowest BCUT2D eigenvalue weighted by Crippen LogP contribution is -2.21. The Morgan fingerprint density at radius 1 is 1.14 bits per heavy atom. The van der Waals surface area contributed by atoms with Crippen LogP contribution in [0.5, 0.6) is 5.75 Å². The van der Waals surface area contributed by atoms with Crippen molar-refractivity contribution in [1.82, 2.24) is 29.8 Å². The standard InChI is InChI=1S/C20H19N7O2/c1-15-21-10-11-26(15)12-16-4-2-3-5-19(16)23-20(28)13-29-18-8-6-17(7-9-18)27-14-22-24-25-27/h2-11,14H,12-13H2,1H3,(H,23,28). The van der Waals surface area contributed by atoms with Gasteiger partial charge in [-0.3, -0.25) is 4.79 Å². The van der Waals surface area contributed by atoms with Crippen LogP contribution in [0, 0.1) is 6.92 Å². The summed E-state index contributed by atoms with van der Waals surface area (Å²) in [5.74, 6) is 1.27. The minimum absolute atomic E-state index is 0.0946. The number of nitrogens with zero attached hydrogens (tertiary/aromatic N) is 6. The quantitative estimate of drug-likeness (QED) is 0.520. The number of rotatable bonds is 7. The van der Waals surface area contributed by atoms with E-state index in [9.17, 15) is 4.79 Å². The van der Waals surface area contributed by atoms with Gasteiger partial charge in [-0.25, -0.2) is 9.67 Å². The van der Waals surface area contributed by atoms with E-state index in [1.54, 1.807) is 18.3 Å². The summed E-state index contributed by atoms with van der Waals surface area (Å²) < 4.78 is 9.15. The number of amides is 1. The molecule has 0 aliphatic heterocycles. The van der Waals surface area contributed by atoms with Gasteiger partial charge in [0.05, 0.1) is 12.2 Å². The van der Waals surface area contributed by atoms with E-state index < -0.39 is 0 Å². The summed E-state index contributed by atoms with van der Waals surface area (Å²) >= 11 is 0. The van der Waals surface area contributed by atoms with Gasteiger partial charge in [0.2, 0.25) is 0 Å². The number of benzene rings is 2. The molecule has 0 bridgehead atoms. The Kier molecular flexibility index (Phi) is 5.28. The number of aryl methyl sites for hydroxylation is 1. The van der Waals surface area contributed by atoms with Crippen molar-refractivity contribution in [2.24, 2.45) is 0 Å². The Bertz CT molecular complexity index is 1090. The molecule has 2 heterocycles. The van der Waals surface area contributed by atoms with Crippen LogP contribution < -0.4 is 10.1 Å². The molecule has 1 amide bonds. The summed E-state index contributed by atoms with van der Waals surface area (Å²) in [7, 11) is 0. The molecule has 0 aliphatic rings. The molecule has 0 atom stereocenters. The van der Waals surface area contributed by atoms with E-state index in [1.165, 1.54) is 11.0 Å². The van der Waals surface area contributed by atoms with Crippen LogP contribution in [0.4, 0.5) is 5.69 Å². The predicted octanol–water partition coefficient (Wildman–Crippen LogP) is 2.23. The first-order valence-corrected chi connectivity index (χ1v) is 9.01. The largest absolute Gasteiger partial charge is 0.484 e. The van der Waals surface area contributed by atoms with Gasteiger partial charge in [0.25, 0.3) is 5.91 Å². The lowest BCUT2D eigenvalue weighted by molar-refractivity contribution is -0.118. The molecule has 9 nitrogen and oxygen atoms in total. The third-order valence-corrected chi connectivity index (χ3v) is 4.38. The van der Waals surface area contributed by atoms with Crippen LogP contribution in [-0.2, 0) is 11.3 Å². The third kappa shape index (κ3) is 4.46. The van der Waals surface area contributed by atoms with Crippen LogP contribution in [0.25, 0.3) is 5.69 Å². The normalized spacial score (nSPS) is 10.7. The average molecular weight is 389 g/mol. The van der Waals surface area contributed by atoms with Crippen molar-refractivity contribution in [3.63, 3.8) is 0 Å². The molecule has 29 heavy (non-hydrogen) atoms. The molecule has 9 heteroatoms. The molecule has 146 valence electrons. The highest BCUT2D eigenvalue weighted by atomic mass is 16.5. The van der Waals surface area contributed by atoms with Gasteiger partial charge in [-0.05, 0) is 53.2 Å². The number of carbonyl (C=O) groups is 1. The summed E-state index contributed by atoms with van der Waals surface area (Å²) in [5, 5.41) is 13.9. The fraction of sp³-hybridized carbons (Fsp3) is 0.150. The molecule has 0 radical (unpaired) electrons. The first kappa shape index (κ1) is 18.4. The second kappa shape index (κ2) is 8.34. The van der Waals surface area contributed by atoms with Crippen molar-refractivity contribution in [2.75, 3.05) is 11.9 Å². The second-order valence-corrected chi connectivity index (χ2v) is 6.34. The minimum atomic E-state index is -0.232. The summed E-state index contributed by atoms with van der Waals surface area (Å²) in [6.07, 6.45) is 5.18. The first-order valence-electron chi connectivity index (χ1n) is 9.01. The van der Waals surface area contributed by atoms with E-state index in [1.807, 2.05) is 54.1 Å². The zero-order valence-corrected chi connectivity index (χ0v) is 15.8. The highest BCUT2D eigenvalue weighted by Crippen LogP contribution is 2.18. The van der Waals surface area contributed by atoms with Crippen LogP contribution in [0.15, 0.2) is 67.3 Å². The Morgan fingerprint density at radius 2 is 1.97 bits per heavy atom. The lowest BCUT2D eigenvalue weighted by Gasteiger charge is -2.13. The Hall–Kier alpha value is -4.01. The van der Waals surface area contributed by atoms with Gasteiger partial charge in [0.1, 0.15) is 17.9 Å². The molecule has 0 saturated heterocycles. The average Bonchev–Trinajstić information content (AvgIpc) is 3.41. The number of hydrogen-bond donors (Lipinski definition) is 1. The summed E-state index contributed by atoms with van der Waals surface area (Å²) in [5.41, 5.74) is 2.55. The number of nitrogens with one attached hydrogen (secondary N) is 1. The van der Waals surface area contributed by atoms with Gasteiger partial charge >= 0.3 is 0 Å². The summed E-state index contributed by atoms with van der Waals surface area (Å²) in [6, 6.07) is 14.8. The molecular weight excluding hydrogens is 370 g/mol. The molecule has 2 aromatic heterocycles. The van der Waals surface area contributed by atoms with E-state index in [0.717, 1.165) is 22.8 Å². The molecule has 4 rings (SSSR count). The van der Waals surface area contributed by atoms with E-state index in [2.05, 4.69) is 25.8 Å². The zero-order valence-electron chi connectivity index (χ0n) is 15.8. The molecule has 0 saturated carbocycles. The third-order valence-electron chi connectivity index (χ3n) is 4.38. The number of para-hydroxylation sites is 1. The summed E-state index contributed by atoms with van der Waals surface area (Å²) in [6.45, 7) is 2.48. The van der Waals surface area contributed by atoms with Crippen molar-refractivity contribution >= 4 is 11.6 Å². The van der Waals surface area contributed by atoms with Gasteiger partial charge < -0.3 is 14.6 Å². The van der Waals surface area contributed by atoms with Crippen LogP contribution >= 0.6 is 0 Å². The molecule has 0 spiro atoms. The minimum Gasteiger partial charge on any atom is -0.484 e. The first-order chi connectivity index (χ1) is 14.2. The number of carbonyl (C=O) groups excluding carboxylic acids is 1. The Labute approximate surface area is 167 Å². The zero-order chi connectivity index (χ0) is 20.1. The smallest absolute Gasteiger partial charge is 0.262 e. The molecule has 2 aromatic carbocycles. The van der Waals surface area contributed by atoms with Gasteiger partial charge in [0.15, 0.2) is 6.61 Å². The van der Waals surface area contributed by atoms with E-state index >= 15 is 0 Å². The molecule has 0 aliphatic carbocycles. The number of tetrazole rings is 1. The summed E-state index contributed by atoms with van der Waals surface area (Å²) in [4.78, 5) is 16.6. The van der Waals surface area contributed by atoms with Crippen molar-refractivity contribution in [3.05, 3.63) is 78.6 Å².